The molecule has 2 heterocycles. The third-order valence-electron chi connectivity index (χ3n) is 8.78. The number of anilines is 3. The summed E-state index contributed by atoms with van der Waals surface area (Å²) in [7, 11) is 6.40. The number of ether oxygens (including phenoxy) is 3. The lowest BCUT2D eigenvalue weighted by molar-refractivity contribution is -0.132. The van der Waals surface area contributed by atoms with Crippen LogP contribution in [-0.2, 0) is 9.53 Å². The summed E-state index contributed by atoms with van der Waals surface area (Å²) in [4.78, 5) is 61.8. The first-order chi connectivity index (χ1) is 24.6. The largest absolute Gasteiger partial charge is 0.495 e. The Bertz CT molecular complexity index is 1880. The van der Waals surface area contributed by atoms with Crippen LogP contribution in [0.15, 0.2) is 60.7 Å². The van der Waals surface area contributed by atoms with Crippen molar-refractivity contribution in [2.24, 2.45) is 0 Å². The lowest BCUT2D eigenvalue weighted by atomic mass is 10.1. The number of aromatic nitrogens is 2. The fraction of sp³-hybridized carbons (Fsp3) is 0.378. The van der Waals surface area contributed by atoms with Crippen LogP contribution in [0.4, 0.5) is 26.9 Å². The van der Waals surface area contributed by atoms with Gasteiger partial charge in [-0.15, -0.1) is 0 Å². The van der Waals surface area contributed by atoms with Crippen molar-refractivity contribution in [3.8, 4) is 11.5 Å². The van der Waals surface area contributed by atoms with Crippen LogP contribution in [0, 0.1) is 6.92 Å². The van der Waals surface area contributed by atoms with Crippen LogP contribution in [0.3, 0.4) is 0 Å². The second kappa shape index (κ2) is 16.9. The molecule has 0 saturated carbocycles. The SMILES string of the molecule is COC(=O)Nc1nc2ccccc2n1C(=O)Nc1ccc(C(=O)N(C)c2ccc(C)cc2OCCCCCC(=O)N2CCN(C)CC2)cc1OC. The number of carbonyl (C=O) groups is 4. The van der Waals surface area contributed by atoms with Gasteiger partial charge in [0.2, 0.25) is 11.9 Å². The van der Waals surface area contributed by atoms with E-state index in [2.05, 4.69) is 32.3 Å². The van der Waals surface area contributed by atoms with E-state index >= 15 is 0 Å². The number of methoxy groups -OCH3 is 2. The predicted molar refractivity (Wildman–Crippen MR) is 195 cm³/mol. The molecule has 1 aliphatic heterocycles. The van der Waals surface area contributed by atoms with Gasteiger partial charge in [0, 0.05) is 45.2 Å². The number of hydrogen-bond donors (Lipinski definition) is 2. The minimum absolute atomic E-state index is 0.0274. The molecule has 0 aliphatic carbocycles. The molecule has 1 fully saturated rings. The van der Waals surface area contributed by atoms with Crippen molar-refractivity contribution in [2.75, 3.05) is 76.6 Å². The number of likely N-dealkylation sites (N-methyl/N-ethyl adjacent to an activating group) is 1. The number of nitrogens with one attached hydrogen (secondary N) is 2. The molecule has 14 nitrogen and oxygen atoms in total. The molecule has 14 heteroatoms. The second-order valence-corrected chi connectivity index (χ2v) is 12.4. The summed E-state index contributed by atoms with van der Waals surface area (Å²) in [5.41, 5.74) is 3.16. The topological polar surface area (TPSA) is 148 Å². The highest BCUT2D eigenvalue weighted by Crippen LogP contribution is 2.32. The van der Waals surface area contributed by atoms with Crippen LogP contribution in [0.5, 0.6) is 11.5 Å². The van der Waals surface area contributed by atoms with Gasteiger partial charge in [-0.3, -0.25) is 14.9 Å². The lowest BCUT2D eigenvalue weighted by Gasteiger charge is -2.32. The number of para-hydroxylation sites is 2. The Balaban J connectivity index is 1.22. The minimum Gasteiger partial charge on any atom is -0.495 e. The zero-order chi connectivity index (χ0) is 36.5. The average Bonchev–Trinajstić information content (AvgIpc) is 3.50. The molecule has 4 amide bonds. The third-order valence-corrected chi connectivity index (χ3v) is 8.78. The molecule has 3 aromatic carbocycles. The van der Waals surface area contributed by atoms with Gasteiger partial charge in [-0.25, -0.2) is 19.1 Å². The Morgan fingerprint density at radius 3 is 2.39 bits per heavy atom. The summed E-state index contributed by atoms with van der Waals surface area (Å²) < 4.78 is 17.6. The number of piperazine rings is 1. The molecule has 0 unspecified atom stereocenters. The highest BCUT2D eigenvalue weighted by atomic mass is 16.5. The van der Waals surface area contributed by atoms with Crippen molar-refractivity contribution in [3.05, 3.63) is 71.8 Å². The maximum Gasteiger partial charge on any atom is 0.413 e. The van der Waals surface area contributed by atoms with Crippen molar-refractivity contribution in [2.45, 2.75) is 32.6 Å². The number of fused-ring (bicyclic) bond motifs is 1. The van der Waals surface area contributed by atoms with Gasteiger partial charge in [-0.2, -0.15) is 0 Å². The average molecular weight is 700 g/mol. The highest BCUT2D eigenvalue weighted by molar-refractivity contribution is 6.08. The zero-order valence-corrected chi connectivity index (χ0v) is 29.7. The van der Waals surface area contributed by atoms with Crippen LogP contribution in [0.2, 0.25) is 0 Å². The summed E-state index contributed by atoms with van der Waals surface area (Å²) in [6.45, 7) is 5.81. The number of aryl methyl sites for hydroxylation is 1. The van der Waals surface area contributed by atoms with Crippen LogP contribution in [0.1, 0.15) is 41.6 Å². The third kappa shape index (κ3) is 8.94. The summed E-state index contributed by atoms with van der Waals surface area (Å²) in [6.07, 6.45) is 2.20. The normalized spacial score (nSPS) is 13.1. The quantitative estimate of drug-likeness (QED) is 0.180. The fourth-order valence-electron chi connectivity index (χ4n) is 5.82. The number of rotatable bonds is 12. The highest BCUT2D eigenvalue weighted by Gasteiger charge is 2.23. The van der Waals surface area contributed by atoms with Crippen LogP contribution >= 0.6 is 0 Å². The van der Waals surface area contributed by atoms with Crippen molar-refractivity contribution >= 4 is 52.3 Å². The first kappa shape index (κ1) is 36.6. The van der Waals surface area contributed by atoms with Gasteiger partial charge < -0.3 is 34.2 Å². The number of hydrogen-bond acceptors (Lipinski definition) is 9. The molecule has 0 bridgehead atoms. The molecular formula is C37H45N7O7. The van der Waals surface area contributed by atoms with Gasteiger partial charge in [-0.1, -0.05) is 18.2 Å². The van der Waals surface area contributed by atoms with E-state index in [1.165, 1.54) is 23.7 Å². The maximum atomic E-state index is 13.7. The molecule has 4 aromatic rings. The maximum absolute atomic E-state index is 13.7. The Hall–Kier alpha value is -5.63. The van der Waals surface area contributed by atoms with Gasteiger partial charge in [0.05, 0.1) is 43.2 Å². The monoisotopic (exact) mass is 699 g/mol. The lowest BCUT2D eigenvalue weighted by Crippen LogP contribution is -2.47. The van der Waals surface area contributed by atoms with E-state index in [4.69, 9.17) is 9.47 Å². The summed E-state index contributed by atoms with van der Waals surface area (Å²) in [6, 6.07) is 16.7. The van der Waals surface area contributed by atoms with E-state index in [1.807, 2.05) is 30.0 Å². The molecule has 5 rings (SSSR count). The minimum atomic E-state index is -0.782. The summed E-state index contributed by atoms with van der Waals surface area (Å²) >= 11 is 0. The van der Waals surface area contributed by atoms with Crippen molar-refractivity contribution in [3.63, 3.8) is 0 Å². The van der Waals surface area contributed by atoms with Crippen LogP contribution in [0.25, 0.3) is 11.0 Å². The molecule has 1 saturated heterocycles. The smallest absolute Gasteiger partial charge is 0.413 e. The van der Waals surface area contributed by atoms with Gasteiger partial charge in [-0.05, 0) is 81.3 Å². The second-order valence-electron chi connectivity index (χ2n) is 12.4. The van der Waals surface area contributed by atoms with E-state index in [9.17, 15) is 19.2 Å². The predicted octanol–water partition coefficient (Wildman–Crippen LogP) is 5.60. The van der Waals surface area contributed by atoms with E-state index < -0.39 is 12.1 Å². The first-order valence-corrected chi connectivity index (χ1v) is 16.9. The molecule has 0 radical (unpaired) electrons. The van der Waals surface area contributed by atoms with Gasteiger partial charge in [0.1, 0.15) is 11.5 Å². The van der Waals surface area contributed by atoms with E-state index in [0.717, 1.165) is 51.0 Å². The van der Waals surface area contributed by atoms with Gasteiger partial charge in [0.15, 0.2) is 0 Å². The first-order valence-electron chi connectivity index (χ1n) is 16.9. The Morgan fingerprint density at radius 2 is 1.65 bits per heavy atom. The van der Waals surface area contributed by atoms with Gasteiger partial charge >= 0.3 is 12.1 Å². The molecule has 1 aliphatic rings. The number of amides is 4. The molecule has 270 valence electrons. The fourth-order valence-corrected chi connectivity index (χ4v) is 5.82. The van der Waals surface area contributed by atoms with Crippen LogP contribution in [-0.4, -0.2) is 104 Å². The van der Waals surface area contributed by atoms with E-state index in [-0.39, 0.29) is 23.5 Å². The number of nitrogens with zero attached hydrogens (tertiary/aromatic N) is 5. The summed E-state index contributed by atoms with van der Waals surface area (Å²) in [5, 5.41) is 5.26. The molecular weight excluding hydrogens is 654 g/mol. The molecule has 0 spiro atoms. The van der Waals surface area contributed by atoms with Gasteiger partial charge in [0.25, 0.3) is 5.91 Å². The Kier molecular flexibility index (Phi) is 12.1. The molecule has 1 aromatic heterocycles. The summed E-state index contributed by atoms with van der Waals surface area (Å²) in [5.74, 6) is 0.707. The van der Waals surface area contributed by atoms with E-state index in [0.29, 0.717) is 46.7 Å². The van der Waals surface area contributed by atoms with Crippen molar-refractivity contribution in [1.29, 1.82) is 0 Å². The number of benzene rings is 3. The zero-order valence-electron chi connectivity index (χ0n) is 29.7. The Morgan fingerprint density at radius 1 is 0.882 bits per heavy atom. The van der Waals surface area contributed by atoms with E-state index in [1.54, 1.807) is 49.5 Å². The standard InChI is InChI=1S/C37H45N7O7/c1-25-14-17-30(32(23-25)51-22-10-6-7-13-33(45)43-20-18-41(2)19-21-43)42(3)34(46)26-15-16-28(31(24-26)49-4)39-36(47)44-29-12-9-8-11-27(29)38-35(44)40-37(48)50-5/h8-9,11-12,14-17,23-24H,6-7,10,13,18-22H2,1-5H3,(H,39,47)(H,38,40,48). The molecule has 51 heavy (non-hydrogen) atoms. The molecule has 0 atom stereocenters. The number of unbranched alkanes of at least 4 members (excludes halogenated alkanes) is 2. The van der Waals surface area contributed by atoms with Crippen molar-refractivity contribution in [1.82, 2.24) is 19.4 Å². The molecule has 2 N–H and O–H groups in total. The number of carbonyl (C=O) groups excluding carboxylic acids is 4. The Labute approximate surface area is 297 Å². The number of imidazole rings is 1. The van der Waals surface area contributed by atoms with Crippen LogP contribution < -0.4 is 25.0 Å². The van der Waals surface area contributed by atoms with Crippen molar-refractivity contribution < 1.29 is 33.4 Å².